The smallest absolute Gasteiger partial charge is 0.119 e. The number of hydrogen-bond acceptors (Lipinski definition) is 8. The molecule has 0 spiro atoms. The van der Waals surface area contributed by atoms with Crippen molar-refractivity contribution in [2.24, 2.45) is 57.2 Å². The molecule has 0 bridgehead atoms. The third-order valence-electron chi connectivity index (χ3n) is 16.8. The van der Waals surface area contributed by atoms with Gasteiger partial charge in [0.2, 0.25) is 0 Å². The molecule has 10 nitrogen and oxygen atoms in total. The molecule has 4 aromatic carbocycles. The summed E-state index contributed by atoms with van der Waals surface area (Å²) in [5, 5.41) is 26.4. The molecule has 0 radical (unpaired) electrons. The average Bonchev–Trinajstić information content (AvgIpc) is 1.57. The van der Waals surface area contributed by atoms with Gasteiger partial charge < -0.3 is 19.4 Å². The van der Waals surface area contributed by atoms with Gasteiger partial charge in [0.05, 0.1) is 89.9 Å². The fourth-order valence-electron chi connectivity index (χ4n) is 13.3. The summed E-state index contributed by atoms with van der Waals surface area (Å²) in [5.41, 5.74) is 6.72. The Morgan fingerprint density at radius 1 is 0.466 bits per heavy atom. The van der Waals surface area contributed by atoms with Crippen LogP contribution in [0, 0.1) is 79.8 Å². The van der Waals surface area contributed by atoms with Crippen LogP contribution in [0.1, 0.15) is 174 Å². The predicted octanol–water partition coefficient (Wildman–Crippen LogP) is 20.6. The summed E-state index contributed by atoms with van der Waals surface area (Å²) < 4.78 is 13.5. The van der Waals surface area contributed by atoms with E-state index in [4.69, 9.17) is 75.8 Å². The van der Waals surface area contributed by atoms with E-state index in [0.717, 1.165) is 61.2 Å². The number of H-pyrrole nitrogens is 2. The first-order chi connectivity index (χ1) is 41.3. The zero-order valence-corrected chi connectivity index (χ0v) is 57.7. The average molecular weight is 1270 g/mol. The lowest BCUT2D eigenvalue weighted by atomic mass is 9.76. The van der Waals surface area contributed by atoms with Crippen LogP contribution in [0.5, 0.6) is 11.5 Å². The third kappa shape index (κ3) is 17.6. The normalized spacial score (nSPS) is 15.3. The summed E-state index contributed by atoms with van der Waals surface area (Å²) in [6, 6.07) is 27.7. The van der Waals surface area contributed by atoms with Gasteiger partial charge in [0.15, 0.2) is 0 Å². The molecule has 6 unspecified atom stereocenters. The van der Waals surface area contributed by atoms with E-state index in [9.17, 15) is 10.5 Å². The first-order valence-electron chi connectivity index (χ1n) is 31.3. The molecule has 4 aromatic heterocycles. The Kier molecular flexibility index (Phi) is 21.5. The van der Waals surface area contributed by atoms with Gasteiger partial charge in [-0.3, -0.25) is 9.97 Å². The van der Waals surface area contributed by atoms with Crippen LogP contribution in [-0.2, 0) is 0 Å². The number of aromatic amines is 2. The van der Waals surface area contributed by atoms with Crippen LogP contribution in [0.2, 0.25) is 20.1 Å². The maximum atomic E-state index is 11.4. The topological polar surface area (TPSA) is 149 Å². The Morgan fingerprint density at radius 3 is 1.09 bits per heavy atom. The van der Waals surface area contributed by atoms with Crippen LogP contribution in [0.3, 0.4) is 0 Å². The summed E-state index contributed by atoms with van der Waals surface area (Å²) in [4.78, 5) is 26.8. The van der Waals surface area contributed by atoms with Crippen molar-refractivity contribution in [3.05, 3.63) is 127 Å². The minimum Gasteiger partial charge on any atom is -0.493 e. The number of halogens is 4. The zero-order chi connectivity index (χ0) is 64.2. The van der Waals surface area contributed by atoms with E-state index in [0.29, 0.717) is 135 Å². The van der Waals surface area contributed by atoms with Crippen LogP contribution < -0.4 is 20.2 Å². The number of benzene rings is 4. The fraction of sp³-hybridized carbons (Fsp3) is 0.486. The third-order valence-corrected chi connectivity index (χ3v) is 18.3. The molecule has 0 aliphatic carbocycles. The lowest BCUT2D eigenvalue weighted by Gasteiger charge is -2.31. The Bertz CT molecular complexity index is 3720. The van der Waals surface area contributed by atoms with Gasteiger partial charge in [0.25, 0.3) is 0 Å². The van der Waals surface area contributed by atoms with Crippen LogP contribution in [0.15, 0.2) is 85.2 Å². The predicted molar refractivity (Wildman–Crippen MR) is 368 cm³/mol. The fourth-order valence-corrected chi connectivity index (χ4v) is 13.9. The molecule has 0 aliphatic rings. The number of hydrogen-bond donors (Lipinski definition) is 2. The van der Waals surface area contributed by atoms with Crippen molar-refractivity contribution in [3.63, 3.8) is 0 Å². The number of nitriles is 2. The van der Waals surface area contributed by atoms with Gasteiger partial charge in [-0.1, -0.05) is 170 Å². The molecule has 466 valence electrons. The van der Waals surface area contributed by atoms with Crippen LogP contribution >= 0.6 is 46.4 Å². The molecule has 0 amide bonds. The van der Waals surface area contributed by atoms with E-state index in [1.807, 2.05) is 48.5 Å². The second kappa shape index (κ2) is 27.9. The van der Waals surface area contributed by atoms with Crippen molar-refractivity contribution < 1.29 is 9.47 Å². The van der Waals surface area contributed by atoms with Crippen molar-refractivity contribution >= 4 is 90.4 Å². The van der Waals surface area contributed by atoms with E-state index in [2.05, 4.69) is 133 Å². The number of nitrogens with zero attached hydrogens (tertiary/aromatic N) is 6. The Morgan fingerprint density at radius 2 is 0.784 bits per heavy atom. The molecular formula is C74H90Cl4N8O2. The maximum absolute atomic E-state index is 11.4. The lowest BCUT2D eigenvalue weighted by molar-refractivity contribution is 0.147. The van der Waals surface area contributed by atoms with Crippen molar-refractivity contribution in [1.29, 1.82) is 10.5 Å². The monoisotopic (exact) mass is 1260 g/mol. The van der Waals surface area contributed by atoms with Crippen molar-refractivity contribution in [1.82, 2.24) is 29.9 Å². The number of nitrogens with one attached hydrogen (secondary N) is 2. The summed E-state index contributed by atoms with van der Waals surface area (Å²) in [5.74, 6) is 4.33. The van der Waals surface area contributed by atoms with Crippen molar-refractivity contribution in [2.75, 3.05) is 13.2 Å². The Hall–Kier alpha value is -6.14. The number of rotatable bonds is 22. The molecule has 0 saturated carbocycles. The minimum atomic E-state index is 0.182. The first kappa shape index (κ1) is 67.8. The highest BCUT2D eigenvalue weighted by Gasteiger charge is 2.29. The lowest BCUT2D eigenvalue weighted by Crippen LogP contribution is -2.25. The summed E-state index contributed by atoms with van der Waals surface area (Å²) >= 11 is 26.0. The molecule has 2 N–H and O–H groups in total. The summed E-state index contributed by atoms with van der Waals surface area (Å²) in [6.07, 6.45) is 12.1. The second-order valence-corrected chi connectivity index (χ2v) is 31.7. The van der Waals surface area contributed by atoms with E-state index in [-0.39, 0.29) is 32.8 Å². The highest BCUT2D eigenvalue weighted by atomic mass is 35.5. The number of fused-ring (bicyclic) bond motifs is 3. The second-order valence-electron chi connectivity index (χ2n) is 30.1. The highest BCUT2D eigenvalue weighted by Crippen LogP contribution is 2.39. The molecule has 0 fully saturated rings. The highest BCUT2D eigenvalue weighted by molar-refractivity contribution is 6.43. The van der Waals surface area contributed by atoms with Gasteiger partial charge in [0.1, 0.15) is 46.2 Å². The molecule has 4 heterocycles. The standard InChI is InChI=1S/C74H90Cl4N8O2/c1-43(33-71(5,6)7)17-19-49(45(3)35-73(11,12)13)41-87-51-25-21-47(22-26-51)67-65-66(70(85-67)54(38-80)64-40-82-60-30-56(76)58(78)32-62(60)84-64)68(86-69(65)53(37-79)63-39-81-59-29-55(75)57(77)31-61(59)83-63)48-23-27-52(28-24-48)88-42-50(46(4)36-74(14,15)16)20-18-44(2)34-72(8,9)10/h21-32,39-40,43-46,49-50,85-86H,17-20,33-36,41-42H2,1-16H3/b69-53-,70-54-. The zero-order valence-electron chi connectivity index (χ0n) is 54.6. The molecule has 0 aliphatic heterocycles. The van der Waals surface area contributed by atoms with E-state index in [1.165, 1.54) is 12.8 Å². The SMILES string of the molecule is CC(CCC(COc1ccc(-c2[nH]/c(=C(/C#N)c3cnc4cc(Cl)c(Cl)cc4n3)c3c(-c4ccc(OCC(CCC(C)CC(C)(C)C)C(C)CC(C)(C)C)cc4)[nH]/c(=C(/C#N)c4cnc5cc(Cl)c(Cl)cc5n4)c23)cc1)C(C)CC(C)(C)C)CC(C)(C)C. The van der Waals surface area contributed by atoms with E-state index >= 15 is 0 Å². The van der Waals surface area contributed by atoms with Gasteiger partial charge in [-0.05, 0) is 180 Å². The van der Waals surface area contributed by atoms with Gasteiger partial charge >= 0.3 is 0 Å². The van der Waals surface area contributed by atoms with E-state index < -0.39 is 0 Å². The Labute approximate surface area is 542 Å². The van der Waals surface area contributed by atoms with Crippen LogP contribution in [-0.4, -0.2) is 43.1 Å². The minimum absolute atomic E-state index is 0.182. The van der Waals surface area contributed by atoms with Crippen LogP contribution in [0.25, 0.3) is 66.5 Å². The quantitative estimate of drug-likeness (QED) is 0.0681. The Balaban J connectivity index is 1.30. The number of aromatic nitrogens is 6. The molecule has 6 atom stereocenters. The first-order valence-corrected chi connectivity index (χ1v) is 32.8. The van der Waals surface area contributed by atoms with Crippen molar-refractivity contribution in [3.8, 4) is 46.2 Å². The van der Waals surface area contributed by atoms with Gasteiger partial charge in [-0.25, -0.2) is 9.97 Å². The van der Waals surface area contributed by atoms with Gasteiger partial charge in [-0.15, -0.1) is 0 Å². The van der Waals surface area contributed by atoms with E-state index in [1.54, 1.807) is 36.7 Å². The molecular weight excluding hydrogens is 1170 g/mol. The maximum Gasteiger partial charge on any atom is 0.119 e. The summed E-state index contributed by atoms with van der Waals surface area (Å²) in [6.45, 7) is 38.5. The summed E-state index contributed by atoms with van der Waals surface area (Å²) in [7, 11) is 0. The molecule has 0 saturated heterocycles. The molecule has 88 heavy (non-hydrogen) atoms. The molecule has 8 rings (SSSR count). The van der Waals surface area contributed by atoms with Gasteiger partial charge in [-0.2, -0.15) is 10.5 Å². The largest absolute Gasteiger partial charge is 0.493 e. The van der Waals surface area contributed by atoms with Gasteiger partial charge in [0, 0.05) is 10.8 Å². The van der Waals surface area contributed by atoms with Crippen molar-refractivity contribution in [2.45, 2.75) is 162 Å². The molecule has 8 aromatic rings. The van der Waals surface area contributed by atoms with Crippen LogP contribution in [0.4, 0.5) is 0 Å². The number of ether oxygens (including phenoxy) is 2. The molecule has 14 heteroatoms.